The molecule has 2 fully saturated rings. The van der Waals surface area contributed by atoms with Gasteiger partial charge in [0.1, 0.15) is 0 Å². The average Bonchev–Trinajstić information content (AvgIpc) is 2.94. The van der Waals surface area contributed by atoms with Gasteiger partial charge in [0, 0.05) is 49.5 Å². The molecule has 2 aliphatic rings. The molecule has 0 atom stereocenters. The van der Waals surface area contributed by atoms with Crippen molar-refractivity contribution in [2.45, 2.75) is 51.6 Å². The van der Waals surface area contributed by atoms with Gasteiger partial charge in [0.05, 0.1) is 0 Å². The highest BCUT2D eigenvalue weighted by Gasteiger charge is 2.23. The maximum Gasteiger partial charge on any atom is 0.227 e. The summed E-state index contributed by atoms with van der Waals surface area (Å²) in [5, 5.41) is 3.64. The second kappa shape index (κ2) is 6.69. The molecule has 120 valence electrons. The molecule has 2 saturated heterocycles. The second-order valence-electron chi connectivity index (χ2n) is 6.75. The minimum Gasteiger partial charge on any atom is -0.371 e. The molecular formula is C18H27N3O. The Balaban J connectivity index is 1.65. The van der Waals surface area contributed by atoms with Gasteiger partial charge >= 0.3 is 0 Å². The minimum absolute atomic E-state index is 0.261. The van der Waals surface area contributed by atoms with Crippen LogP contribution in [-0.2, 0) is 4.79 Å². The molecule has 0 aromatic heterocycles. The van der Waals surface area contributed by atoms with E-state index in [9.17, 15) is 4.79 Å². The third-order valence-electron chi connectivity index (χ3n) is 4.64. The predicted molar refractivity (Wildman–Crippen MR) is 91.5 cm³/mol. The van der Waals surface area contributed by atoms with E-state index in [1.807, 2.05) is 4.90 Å². The van der Waals surface area contributed by atoms with E-state index in [0.29, 0.717) is 18.5 Å². The van der Waals surface area contributed by atoms with Crippen LogP contribution >= 0.6 is 0 Å². The van der Waals surface area contributed by atoms with Gasteiger partial charge in [0.25, 0.3) is 0 Å². The molecule has 2 heterocycles. The van der Waals surface area contributed by atoms with Gasteiger partial charge in [-0.25, -0.2) is 0 Å². The zero-order valence-electron chi connectivity index (χ0n) is 13.7. The van der Waals surface area contributed by atoms with Crippen LogP contribution < -0.4 is 15.1 Å². The highest BCUT2D eigenvalue weighted by Crippen LogP contribution is 2.27. The van der Waals surface area contributed by atoms with Gasteiger partial charge in [-0.15, -0.1) is 0 Å². The first-order chi connectivity index (χ1) is 10.6. The monoisotopic (exact) mass is 301 g/mol. The minimum atomic E-state index is 0.261. The molecule has 1 aromatic rings. The van der Waals surface area contributed by atoms with Crippen molar-refractivity contribution in [3.8, 4) is 0 Å². The molecular weight excluding hydrogens is 274 g/mol. The summed E-state index contributed by atoms with van der Waals surface area (Å²) in [5.41, 5.74) is 2.31. The van der Waals surface area contributed by atoms with Gasteiger partial charge in [0.2, 0.25) is 5.91 Å². The fraction of sp³-hybridized carbons (Fsp3) is 0.611. The molecule has 4 heteroatoms. The molecule has 0 unspecified atom stereocenters. The Morgan fingerprint density at radius 1 is 1.14 bits per heavy atom. The van der Waals surface area contributed by atoms with E-state index >= 15 is 0 Å². The van der Waals surface area contributed by atoms with E-state index in [-0.39, 0.29) is 5.91 Å². The van der Waals surface area contributed by atoms with Crippen molar-refractivity contribution < 1.29 is 4.79 Å². The Kier molecular flexibility index (Phi) is 4.67. The summed E-state index contributed by atoms with van der Waals surface area (Å²) in [6.45, 7) is 7.46. The van der Waals surface area contributed by atoms with Crippen LogP contribution in [0.5, 0.6) is 0 Å². The summed E-state index contributed by atoms with van der Waals surface area (Å²) in [6.07, 6.45) is 4.04. The molecule has 2 aliphatic heterocycles. The quantitative estimate of drug-likeness (QED) is 0.929. The number of piperidine rings is 1. The van der Waals surface area contributed by atoms with E-state index in [2.05, 4.69) is 48.3 Å². The molecule has 0 spiro atoms. The van der Waals surface area contributed by atoms with Crippen LogP contribution in [0.2, 0.25) is 0 Å². The van der Waals surface area contributed by atoms with Gasteiger partial charge in [-0.05, 0) is 37.5 Å². The number of amides is 1. The summed E-state index contributed by atoms with van der Waals surface area (Å²) in [5.74, 6) is 0.261. The van der Waals surface area contributed by atoms with E-state index < -0.39 is 0 Å². The first-order valence-corrected chi connectivity index (χ1v) is 8.55. The van der Waals surface area contributed by atoms with Gasteiger partial charge in [-0.3, -0.25) is 4.79 Å². The molecule has 0 aliphatic carbocycles. The van der Waals surface area contributed by atoms with Crippen LogP contribution in [0.15, 0.2) is 24.3 Å². The number of nitrogens with zero attached hydrogens (tertiary/aromatic N) is 2. The van der Waals surface area contributed by atoms with E-state index in [1.165, 1.54) is 18.5 Å². The predicted octanol–water partition coefficient (Wildman–Crippen LogP) is 2.78. The van der Waals surface area contributed by atoms with E-state index in [1.54, 1.807) is 0 Å². The fourth-order valence-corrected chi connectivity index (χ4v) is 3.55. The number of rotatable bonds is 4. The molecule has 0 bridgehead atoms. The molecule has 0 saturated carbocycles. The third-order valence-corrected chi connectivity index (χ3v) is 4.64. The zero-order valence-corrected chi connectivity index (χ0v) is 13.7. The van der Waals surface area contributed by atoms with Crippen molar-refractivity contribution in [1.29, 1.82) is 0 Å². The number of hydrogen-bond donors (Lipinski definition) is 1. The van der Waals surface area contributed by atoms with Gasteiger partial charge < -0.3 is 15.1 Å². The van der Waals surface area contributed by atoms with Crippen LogP contribution in [-0.4, -0.2) is 37.6 Å². The smallest absolute Gasteiger partial charge is 0.227 e. The van der Waals surface area contributed by atoms with Crippen LogP contribution in [0.4, 0.5) is 11.4 Å². The Labute approximate surface area is 133 Å². The van der Waals surface area contributed by atoms with Crippen molar-refractivity contribution in [2.75, 3.05) is 29.4 Å². The summed E-state index contributed by atoms with van der Waals surface area (Å²) < 4.78 is 0. The Hall–Kier alpha value is -1.55. The Morgan fingerprint density at radius 3 is 2.50 bits per heavy atom. The topological polar surface area (TPSA) is 35.6 Å². The first-order valence-electron chi connectivity index (χ1n) is 8.55. The van der Waals surface area contributed by atoms with Crippen LogP contribution in [0.1, 0.15) is 39.5 Å². The maximum atomic E-state index is 11.9. The van der Waals surface area contributed by atoms with Crippen molar-refractivity contribution >= 4 is 17.3 Å². The van der Waals surface area contributed by atoms with Crippen LogP contribution in [0, 0.1) is 0 Å². The van der Waals surface area contributed by atoms with Crippen LogP contribution in [0.3, 0.4) is 0 Å². The first kappa shape index (κ1) is 15.3. The lowest BCUT2D eigenvalue weighted by molar-refractivity contribution is -0.117. The lowest BCUT2D eigenvalue weighted by Gasteiger charge is -2.35. The molecule has 4 nitrogen and oxygen atoms in total. The lowest BCUT2D eigenvalue weighted by atomic mass is 10.0. The normalized spacial score (nSPS) is 20.2. The third kappa shape index (κ3) is 3.43. The van der Waals surface area contributed by atoms with Gasteiger partial charge in [0.15, 0.2) is 0 Å². The Bertz CT molecular complexity index is 521. The summed E-state index contributed by atoms with van der Waals surface area (Å²) in [6, 6.07) is 9.68. The number of carbonyl (C=O) groups excluding carboxylic acids is 1. The Morgan fingerprint density at radius 2 is 1.86 bits per heavy atom. The highest BCUT2D eigenvalue weighted by atomic mass is 16.2. The molecule has 3 rings (SSSR count). The number of carbonyl (C=O) groups is 1. The standard InChI is InChI=1S/C18H27N3O/c1-14(2)19-15-8-11-20(12-9-15)16-5-3-6-17(13-16)21-10-4-7-18(21)22/h3,5-6,13-15,19H,4,7-12H2,1-2H3. The fourth-order valence-electron chi connectivity index (χ4n) is 3.55. The second-order valence-corrected chi connectivity index (χ2v) is 6.75. The zero-order chi connectivity index (χ0) is 15.5. The number of nitrogens with one attached hydrogen (secondary N) is 1. The van der Waals surface area contributed by atoms with Crippen LogP contribution in [0.25, 0.3) is 0 Å². The highest BCUT2D eigenvalue weighted by molar-refractivity contribution is 5.95. The average molecular weight is 301 g/mol. The van der Waals surface area contributed by atoms with E-state index in [0.717, 1.165) is 31.7 Å². The molecule has 1 aromatic carbocycles. The van der Waals surface area contributed by atoms with Crippen molar-refractivity contribution in [3.63, 3.8) is 0 Å². The van der Waals surface area contributed by atoms with Crippen molar-refractivity contribution in [3.05, 3.63) is 24.3 Å². The number of hydrogen-bond acceptors (Lipinski definition) is 3. The largest absolute Gasteiger partial charge is 0.371 e. The van der Waals surface area contributed by atoms with Crippen molar-refractivity contribution in [1.82, 2.24) is 5.32 Å². The summed E-state index contributed by atoms with van der Waals surface area (Å²) in [4.78, 5) is 16.3. The van der Waals surface area contributed by atoms with Crippen molar-refractivity contribution in [2.24, 2.45) is 0 Å². The SMILES string of the molecule is CC(C)NC1CCN(c2cccc(N3CCCC3=O)c2)CC1. The molecule has 1 N–H and O–H groups in total. The lowest BCUT2D eigenvalue weighted by Crippen LogP contribution is -2.44. The molecule has 1 amide bonds. The summed E-state index contributed by atoms with van der Waals surface area (Å²) in [7, 11) is 0. The van der Waals surface area contributed by atoms with Gasteiger partial charge in [-0.2, -0.15) is 0 Å². The maximum absolute atomic E-state index is 11.9. The number of anilines is 2. The van der Waals surface area contributed by atoms with Gasteiger partial charge in [-0.1, -0.05) is 19.9 Å². The summed E-state index contributed by atoms with van der Waals surface area (Å²) >= 11 is 0. The molecule has 0 radical (unpaired) electrons. The van der Waals surface area contributed by atoms with E-state index in [4.69, 9.17) is 0 Å². The molecule has 22 heavy (non-hydrogen) atoms. The number of benzene rings is 1.